The fourth-order valence-electron chi connectivity index (χ4n) is 2.20. The highest BCUT2D eigenvalue weighted by molar-refractivity contribution is 7.35. The van der Waals surface area contributed by atoms with E-state index in [9.17, 15) is 14.4 Å². The van der Waals surface area contributed by atoms with Gasteiger partial charge in [-0.25, -0.2) is 0 Å². The molecule has 1 aliphatic heterocycles. The van der Waals surface area contributed by atoms with E-state index in [1.807, 2.05) is 4.67 Å². The SMILES string of the molecule is O=C(O)CCCNC(CCN1PCCC1C(=O)O)C(=O)O. The molecule has 0 radical (unpaired) electrons. The summed E-state index contributed by atoms with van der Waals surface area (Å²) >= 11 is 0. The molecule has 21 heavy (non-hydrogen) atoms. The minimum atomic E-state index is -1.00. The van der Waals surface area contributed by atoms with Gasteiger partial charge in [-0.3, -0.25) is 19.1 Å². The fraction of sp³-hybridized carbons (Fsp3) is 0.750. The zero-order valence-corrected chi connectivity index (χ0v) is 12.6. The Labute approximate surface area is 124 Å². The summed E-state index contributed by atoms with van der Waals surface area (Å²) in [5.41, 5.74) is 0. The lowest BCUT2D eigenvalue weighted by molar-refractivity contribution is -0.141. The molecule has 4 N–H and O–H groups in total. The summed E-state index contributed by atoms with van der Waals surface area (Å²) < 4.78 is 1.82. The first kappa shape index (κ1) is 17.8. The quantitative estimate of drug-likeness (QED) is 0.328. The Hall–Kier alpha value is -1.24. The summed E-state index contributed by atoms with van der Waals surface area (Å²) in [5.74, 6) is -2.77. The zero-order chi connectivity index (χ0) is 15.8. The summed E-state index contributed by atoms with van der Waals surface area (Å²) in [7, 11) is 0.419. The number of rotatable bonds is 10. The van der Waals surface area contributed by atoms with Gasteiger partial charge in [0, 0.05) is 13.0 Å². The average molecular weight is 320 g/mol. The third-order valence-electron chi connectivity index (χ3n) is 3.31. The maximum atomic E-state index is 11.1. The van der Waals surface area contributed by atoms with Gasteiger partial charge in [0.2, 0.25) is 0 Å². The molecule has 0 aromatic heterocycles. The van der Waals surface area contributed by atoms with E-state index in [-0.39, 0.29) is 6.42 Å². The Balaban J connectivity index is 2.35. The molecule has 9 heteroatoms. The highest BCUT2D eigenvalue weighted by Gasteiger charge is 2.31. The lowest BCUT2D eigenvalue weighted by Crippen LogP contribution is -2.41. The van der Waals surface area contributed by atoms with Crippen LogP contribution in [-0.2, 0) is 14.4 Å². The molecule has 1 heterocycles. The topological polar surface area (TPSA) is 127 Å². The molecule has 0 aliphatic carbocycles. The smallest absolute Gasteiger partial charge is 0.321 e. The van der Waals surface area contributed by atoms with Crippen molar-refractivity contribution < 1.29 is 29.7 Å². The van der Waals surface area contributed by atoms with E-state index in [0.717, 1.165) is 6.16 Å². The number of hydrogen-bond donors (Lipinski definition) is 4. The summed E-state index contributed by atoms with van der Waals surface area (Å²) in [6.45, 7) is 0.728. The van der Waals surface area contributed by atoms with E-state index in [0.29, 0.717) is 41.1 Å². The van der Waals surface area contributed by atoms with Crippen LogP contribution in [0.15, 0.2) is 0 Å². The van der Waals surface area contributed by atoms with Crippen molar-refractivity contribution in [3.05, 3.63) is 0 Å². The number of nitrogens with zero attached hydrogens (tertiary/aromatic N) is 1. The molecule has 3 atom stereocenters. The van der Waals surface area contributed by atoms with Crippen LogP contribution in [-0.4, -0.2) is 69.2 Å². The fourth-order valence-corrected chi connectivity index (χ4v) is 3.64. The van der Waals surface area contributed by atoms with E-state index in [1.54, 1.807) is 0 Å². The van der Waals surface area contributed by atoms with Crippen LogP contribution in [0.25, 0.3) is 0 Å². The highest BCUT2D eigenvalue weighted by atomic mass is 31.1. The van der Waals surface area contributed by atoms with E-state index in [1.165, 1.54) is 0 Å². The van der Waals surface area contributed by atoms with Crippen LogP contribution in [0.4, 0.5) is 0 Å². The number of aliphatic carboxylic acids is 3. The molecule has 0 aromatic carbocycles. The monoisotopic (exact) mass is 320 g/mol. The van der Waals surface area contributed by atoms with Gasteiger partial charge < -0.3 is 20.6 Å². The molecule has 1 fully saturated rings. The zero-order valence-electron chi connectivity index (χ0n) is 11.6. The van der Waals surface area contributed by atoms with Crippen molar-refractivity contribution in [1.29, 1.82) is 0 Å². The minimum Gasteiger partial charge on any atom is -0.481 e. The lowest BCUT2D eigenvalue weighted by atomic mass is 10.1. The van der Waals surface area contributed by atoms with Crippen molar-refractivity contribution in [3.8, 4) is 0 Å². The average Bonchev–Trinajstić information content (AvgIpc) is 2.85. The molecule has 0 spiro atoms. The van der Waals surface area contributed by atoms with E-state index in [4.69, 9.17) is 15.3 Å². The van der Waals surface area contributed by atoms with Crippen molar-refractivity contribution in [2.24, 2.45) is 0 Å². The van der Waals surface area contributed by atoms with Gasteiger partial charge >= 0.3 is 17.9 Å². The van der Waals surface area contributed by atoms with Gasteiger partial charge in [0.25, 0.3) is 0 Å². The molecule has 0 bridgehead atoms. The van der Waals surface area contributed by atoms with E-state index in [2.05, 4.69) is 5.32 Å². The van der Waals surface area contributed by atoms with E-state index < -0.39 is 30.0 Å². The maximum absolute atomic E-state index is 11.1. The number of carboxylic acids is 3. The standard InChI is InChI=1S/C12H21N2O6P/c15-10(16)2-1-5-13-8(11(17)18)3-6-14-9(12(19)20)4-7-21-14/h8-9,13,21H,1-7H2,(H,15,16)(H,17,18)(H,19,20). The normalized spacial score (nSPS) is 21.4. The van der Waals surface area contributed by atoms with Crippen LogP contribution in [0.1, 0.15) is 25.7 Å². The Morgan fingerprint density at radius 1 is 1.29 bits per heavy atom. The van der Waals surface area contributed by atoms with Crippen molar-refractivity contribution in [2.45, 2.75) is 37.8 Å². The molecule has 3 unspecified atom stereocenters. The van der Waals surface area contributed by atoms with Gasteiger partial charge in [-0.05, 0) is 32.0 Å². The van der Waals surface area contributed by atoms with Crippen LogP contribution < -0.4 is 5.32 Å². The predicted octanol–water partition coefficient (Wildman–Crippen LogP) is 0.0365. The first-order valence-electron chi connectivity index (χ1n) is 6.82. The van der Waals surface area contributed by atoms with Crippen LogP contribution in [0.3, 0.4) is 0 Å². The third-order valence-corrected chi connectivity index (χ3v) is 4.76. The van der Waals surface area contributed by atoms with Crippen molar-refractivity contribution >= 4 is 26.6 Å². The first-order valence-corrected chi connectivity index (χ1v) is 7.98. The molecule has 0 amide bonds. The summed E-state index contributed by atoms with van der Waals surface area (Å²) in [5, 5.41) is 29.5. The van der Waals surface area contributed by atoms with Crippen molar-refractivity contribution in [3.63, 3.8) is 0 Å². The second-order valence-corrected chi connectivity index (χ2v) is 6.27. The number of hydrogen-bond acceptors (Lipinski definition) is 5. The molecule has 0 saturated carbocycles. The largest absolute Gasteiger partial charge is 0.481 e. The van der Waals surface area contributed by atoms with Gasteiger partial charge in [-0.1, -0.05) is 8.73 Å². The Bertz CT molecular complexity index is 392. The van der Waals surface area contributed by atoms with Crippen LogP contribution in [0.2, 0.25) is 0 Å². The molecular formula is C12H21N2O6P. The number of carbonyl (C=O) groups is 3. The Kier molecular flexibility index (Phi) is 7.56. The molecule has 120 valence electrons. The molecule has 1 aliphatic rings. The van der Waals surface area contributed by atoms with Gasteiger partial charge in [0.15, 0.2) is 0 Å². The second kappa shape index (κ2) is 8.92. The third kappa shape index (κ3) is 6.37. The minimum absolute atomic E-state index is 0.00602. The Morgan fingerprint density at radius 3 is 2.57 bits per heavy atom. The predicted molar refractivity (Wildman–Crippen MR) is 76.8 cm³/mol. The van der Waals surface area contributed by atoms with Crippen LogP contribution in [0, 0.1) is 0 Å². The second-order valence-electron chi connectivity index (χ2n) is 4.88. The Morgan fingerprint density at radius 2 is 2.00 bits per heavy atom. The van der Waals surface area contributed by atoms with Crippen LogP contribution >= 0.6 is 8.73 Å². The number of nitrogens with one attached hydrogen (secondary N) is 1. The van der Waals surface area contributed by atoms with Gasteiger partial charge in [-0.15, -0.1) is 0 Å². The van der Waals surface area contributed by atoms with Gasteiger partial charge in [0.05, 0.1) is 0 Å². The van der Waals surface area contributed by atoms with Crippen molar-refractivity contribution in [1.82, 2.24) is 9.99 Å². The summed E-state index contributed by atoms with van der Waals surface area (Å²) in [4.78, 5) is 32.5. The highest BCUT2D eigenvalue weighted by Crippen LogP contribution is 2.32. The molecule has 0 aromatic rings. The molecule has 1 rings (SSSR count). The van der Waals surface area contributed by atoms with Gasteiger partial charge in [-0.2, -0.15) is 0 Å². The lowest BCUT2D eigenvalue weighted by Gasteiger charge is -2.23. The summed E-state index contributed by atoms with van der Waals surface area (Å²) in [6, 6.07) is -1.29. The summed E-state index contributed by atoms with van der Waals surface area (Å²) in [6.07, 6.45) is 2.10. The molecular weight excluding hydrogens is 299 g/mol. The molecule has 1 saturated heterocycles. The van der Waals surface area contributed by atoms with Crippen molar-refractivity contribution in [2.75, 3.05) is 19.3 Å². The van der Waals surface area contributed by atoms with E-state index >= 15 is 0 Å². The van der Waals surface area contributed by atoms with Gasteiger partial charge in [0.1, 0.15) is 12.1 Å². The number of carboxylic acid groups (broad SMARTS) is 3. The molecule has 8 nitrogen and oxygen atoms in total. The van der Waals surface area contributed by atoms with Crippen LogP contribution in [0.5, 0.6) is 0 Å². The first-order chi connectivity index (χ1) is 9.91. The maximum Gasteiger partial charge on any atom is 0.321 e.